The van der Waals surface area contributed by atoms with Gasteiger partial charge in [-0.2, -0.15) is 0 Å². The summed E-state index contributed by atoms with van der Waals surface area (Å²) in [5.41, 5.74) is 0.924. The molecule has 1 aromatic heterocycles. The van der Waals surface area contributed by atoms with Crippen molar-refractivity contribution in [3.63, 3.8) is 0 Å². The van der Waals surface area contributed by atoms with Gasteiger partial charge in [-0.05, 0) is 30.7 Å². The summed E-state index contributed by atoms with van der Waals surface area (Å²) in [7, 11) is 0. The molecule has 0 radical (unpaired) electrons. The first-order valence-corrected chi connectivity index (χ1v) is 6.41. The highest BCUT2D eigenvalue weighted by molar-refractivity contribution is 7.99. The Morgan fingerprint density at radius 1 is 1.35 bits per heavy atom. The Balaban J connectivity index is 2.28. The van der Waals surface area contributed by atoms with Crippen LogP contribution in [0.15, 0.2) is 46.5 Å². The fraction of sp³-hybridized carbons (Fsp3) is 0.0769. The van der Waals surface area contributed by atoms with Crippen molar-refractivity contribution in [2.24, 2.45) is 0 Å². The number of aromatic carboxylic acids is 1. The molecule has 6 nitrogen and oxygen atoms in total. The molecule has 102 valence electrons. The molecule has 0 fully saturated rings. The van der Waals surface area contributed by atoms with Crippen LogP contribution in [0.5, 0.6) is 0 Å². The molecule has 2 rings (SSSR count). The quantitative estimate of drug-likeness (QED) is 0.686. The number of carboxylic acid groups (broad SMARTS) is 1. The van der Waals surface area contributed by atoms with Gasteiger partial charge in [0.05, 0.1) is 10.5 Å². The third-order valence-corrected chi connectivity index (χ3v) is 3.68. The van der Waals surface area contributed by atoms with E-state index < -0.39 is 10.9 Å². The molecule has 0 amide bonds. The minimum absolute atomic E-state index is 0.0269. The number of aromatic nitrogens is 1. The van der Waals surface area contributed by atoms with Gasteiger partial charge in [-0.3, -0.25) is 10.1 Å². The highest BCUT2D eigenvalue weighted by atomic mass is 32.2. The molecular formula is C13H10N2O4S. The summed E-state index contributed by atoms with van der Waals surface area (Å²) in [6.45, 7) is 1.76. The van der Waals surface area contributed by atoms with Crippen LogP contribution in [-0.4, -0.2) is 21.0 Å². The lowest BCUT2D eigenvalue weighted by Crippen LogP contribution is -1.96. The molecule has 1 aromatic carbocycles. The molecule has 1 N–H and O–H groups in total. The molecule has 7 heteroatoms. The molecule has 0 aliphatic carbocycles. The average Bonchev–Trinajstić information content (AvgIpc) is 2.41. The number of non-ortho nitro benzene ring substituents is 1. The highest BCUT2D eigenvalue weighted by Crippen LogP contribution is 2.31. The summed E-state index contributed by atoms with van der Waals surface area (Å²) in [6, 6.07) is 7.40. The van der Waals surface area contributed by atoms with Gasteiger partial charge in [-0.15, -0.1) is 0 Å². The van der Waals surface area contributed by atoms with E-state index in [0.717, 1.165) is 10.5 Å². The van der Waals surface area contributed by atoms with Gasteiger partial charge < -0.3 is 5.11 Å². The topological polar surface area (TPSA) is 93.3 Å². The summed E-state index contributed by atoms with van der Waals surface area (Å²) < 4.78 is 0. The summed E-state index contributed by atoms with van der Waals surface area (Å²) in [5, 5.41) is 20.1. The van der Waals surface area contributed by atoms with E-state index in [0.29, 0.717) is 5.03 Å². The van der Waals surface area contributed by atoms with Gasteiger partial charge in [-0.25, -0.2) is 9.78 Å². The lowest BCUT2D eigenvalue weighted by Gasteiger charge is -2.05. The second-order valence-electron chi connectivity index (χ2n) is 4.00. The van der Waals surface area contributed by atoms with Crippen molar-refractivity contribution in [2.45, 2.75) is 16.8 Å². The van der Waals surface area contributed by atoms with E-state index in [1.54, 1.807) is 13.0 Å². The average molecular weight is 290 g/mol. The van der Waals surface area contributed by atoms with Gasteiger partial charge in [0, 0.05) is 23.2 Å². The number of nitro benzene ring substituents is 1. The number of hydrogen-bond donors (Lipinski definition) is 1. The van der Waals surface area contributed by atoms with Gasteiger partial charge in [0.2, 0.25) is 0 Å². The third kappa shape index (κ3) is 3.12. The first kappa shape index (κ1) is 14.0. The monoisotopic (exact) mass is 290 g/mol. The number of pyridine rings is 1. The summed E-state index contributed by atoms with van der Waals surface area (Å²) in [5.74, 6) is -1.02. The van der Waals surface area contributed by atoms with E-state index in [9.17, 15) is 14.9 Å². The number of carbonyl (C=O) groups is 1. The Hall–Kier alpha value is -2.41. The van der Waals surface area contributed by atoms with Crippen molar-refractivity contribution < 1.29 is 14.8 Å². The van der Waals surface area contributed by atoms with Crippen molar-refractivity contribution in [1.82, 2.24) is 4.98 Å². The molecule has 0 aliphatic heterocycles. The zero-order chi connectivity index (χ0) is 14.7. The maximum atomic E-state index is 10.9. The minimum Gasteiger partial charge on any atom is -0.478 e. The molecule has 0 bridgehead atoms. The molecule has 1 heterocycles. The number of hydrogen-bond acceptors (Lipinski definition) is 5. The standard InChI is InChI=1S/C13H10N2O4S/c1-8-6-10(15(18)19)2-3-11(8)20-12-7-9(13(16)17)4-5-14-12/h2-7H,1H3,(H,16,17). The van der Waals surface area contributed by atoms with Gasteiger partial charge in [-0.1, -0.05) is 11.8 Å². The van der Waals surface area contributed by atoms with Crippen LogP contribution < -0.4 is 0 Å². The number of carboxylic acids is 1. The first-order chi connectivity index (χ1) is 9.47. The molecule has 0 saturated carbocycles. The number of nitro groups is 1. The van der Waals surface area contributed by atoms with E-state index in [-0.39, 0.29) is 11.3 Å². The van der Waals surface area contributed by atoms with Gasteiger partial charge in [0.25, 0.3) is 5.69 Å². The zero-order valence-corrected chi connectivity index (χ0v) is 11.3. The number of nitrogens with zero attached hydrogens (tertiary/aromatic N) is 2. The Morgan fingerprint density at radius 3 is 2.70 bits per heavy atom. The van der Waals surface area contributed by atoms with E-state index in [1.165, 1.54) is 42.2 Å². The van der Waals surface area contributed by atoms with Crippen LogP contribution >= 0.6 is 11.8 Å². The highest BCUT2D eigenvalue weighted by Gasteiger charge is 2.10. The predicted molar refractivity (Wildman–Crippen MR) is 73.2 cm³/mol. The molecule has 0 saturated heterocycles. The third-order valence-electron chi connectivity index (χ3n) is 2.57. The fourth-order valence-corrected chi connectivity index (χ4v) is 2.45. The van der Waals surface area contributed by atoms with E-state index in [1.807, 2.05) is 0 Å². The summed E-state index contributed by atoms with van der Waals surface area (Å²) >= 11 is 1.27. The SMILES string of the molecule is Cc1cc([N+](=O)[O-])ccc1Sc1cc(C(=O)O)ccn1. The van der Waals surface area contributed by atoms with Crippen LogP contribution in [0.3, 0.4) is 0 Å². The minimum atomic E-state index is -1.02. The van der Waals surface area contributed by atoms with Crippen LogP contribution in [0.4, 0.5) is 5.69 Å². The molecule has 0 atom stereocenters. The van der Waals surface area contributed by atoms with E-state index in [4.69, 9.17) is 5.11 Å². The molecular weight excluding hydrogens is 280 g/mol. The van der Waals surface area contributed by atoms with Gasteiger partial charge in [0.1, 0.15) is 5.03 Å². The molecule has 0 spiro atoms. The lowest BCUT2D eigenvalue weighted by atomic mass is 10.2. The lowest BCUT2D eigenvalue weighted by molar-refractivity contribution is -0.385. The molecule has 20 heavy (non-hydrogen) atoms. The van der Waals surface area contributed by atoms with Crippen molar-refractivity contribution in [1.29, 1.82) is 0 Å². The maximum absolute atomic E-state index is 10.9. The Labute approximate surface area is 118 Å². The van der Waals surface area contributed by atoms with E-state index >= 15 is 0 Å². The number of rotatable bonds is 4. The largest absolute Gasteiger partial charge is 0.478 e. The Bertz CT molecular complexity index is 688. The van der Waals surface area contributed by atoms with Crippen LogP contribution in [-0.2, 0) is 0 Å². The second-order valence-corrected chi connectivity index (χ2v) is 5.06. The number of aryl methyl sites for hydroxylation is 1. The second kappa shape index (κ2) is 5.70. The fourth-order valence-electron chi connectivity index (χ4n) is 1.57. The van der Waals surface area contributed by atoms with Crippen molar-refractivity contribution in [3.05, 3.63) is 57.8 Å². The predicted octanol–water partition coefficient (Wildman–Crippen LogP) is 3.15. The molecule has 0 aliphatic rings. The molecule has 2 aromatic rings. The van der Waals surface area contributed by atoms with Crippen LogP contribution in [0.25, 0.3) is 0 Å². The van der Waals surface area contributed by atoms with Crippen molar-refractivity contribution >= 4 is 23.4 Å². The normalized spacial score (nSPS) is 10.2. The van der Waals surface area contributed by atoms with Crippen LogP contribution in [0.1, 0.15) is 15.9 Å². The molecule has 0 unspecified atom stereocenters. The number of benzene rings is 1. The summed E-state index contributed by atoms with van der Waals surface area (Å²) in [6.07, 6.45) is 1.42. The smallest absolute Gasteiger partial charge is 0.335 e. The van der Waals surface area contributed by atoms with Crippen LogP contribution in [0, 0.1) is 17.0 Å². The van der Waals surface area contributed by atoms with Gasteiger partial charge in [0.15, 0.2) is 0 Å². The maximum Gasteiger partial charge on any atom is 0.335 e. The van der Waals surface area contributed by atoms with Gasteiger partial charge >= 0.3 is 5.97 Å². The first-order valence-electron chi connectivity index (χ1n) is 5.59. The van der Waals surface area contributed by atoms with Crippen molar-refractivity contribution in [3.8, 4) is 0 Å². The van der Waals surface area contributed by atoms with Crippen molar-refractivity contribution in [2.75, 3.05) is 0 Å². The Morgan fingerprint density at radius 2 is 2.10 bits per heavy atom. The Kier molecular flexibility index (Phi) is 3.99. The zero-order valence-electron chi connectivity index (χ0n) is 10.4. The summed E-state index contributed by atoms with van der Waals surface area (Å²) in [4.78, 5) is 26.0. The van der Waals surface area contributed by atoms with Crippen LogP contribution in [0.2, 0.25) is 0 Å². The van der Waals surface area contributed by atoms with E-state index in [2.05, 4.69) is 4.98 Å².